The molecule has 1 unspecified atom stereocenters. The van der Waals surface area contributed by atoms with E-state index in [1.54, 1.807) is 0 Å². The van der Waals surface area contributed by atoms with Crippen LogP contribution in [0.15, 0.2) is 42.5 Å². The molecule has 3 nitrogen and oxygen atoms in total. The highest BCUT2D eigenvalue weighted by atomic mass is 16.3. The Hall–Kier alpha value is -2.05. The number of aliphatic hydroxyl groups excluding tert-OH is 1. The van der Waals surface area contributed by atoms with Gasteiger partial charge >= 0.3 is 0 Å². The third kappa shape index (κ3) is 1.63. The van der Waals surface area contributed by atoms with Gasteiger partial charge in [-0.2, -0.15) is 5.26 Å². The van der Waals surface area contributed by atoms with Crippen molar-refractivity contribution in [2.24, 2.45) is 0 Å². The molecule has 0 spiro atoms. The molecule has 0 radical (unpaired) electrons. The van der Waals surface area contributed by atoms with Gasteiger partial charge in [0.1, 0.15) is 6.10 Å². The highest BCUT2D eigenvalue weighted by Crippen LogP contribution is 2.23. The number of nitrogens with zero attached hydrogens (tertiary/aromatic N) is 1. The Bertz CT molecular complexity index is 515. The third-order valence-electron chi connectivity index (χ3n) is 2.32. The highest BCUT2D eigenvalue weighted by Gasteiger charge is 2.13. The Balaban J connectivity index is 2.46. The van der Waals surface area contributed by atoms with E-state index < -0.39 is 6.10 Å². The van der Waals surface area contributed by atoms with Gasteiger partial charge < -0.3 is 10.1 Å². The first-order valence-electron chi connectivity index (χ1n) is 4.57. The van der Waals surface area contributed by atoms with Crippen molar-refractivity contribution in [1.29, 1.82) is 5.26 Å². The Labute approximate surface area is 87.3 Å². The molecule has 2 rings (SSSR count). The van der Waals surface area contributed by atoms with Crippen LogP contribution in [0.2, 0.25) is 0 Å². The highest BCUT2D eigenvalue weighted by molar-refractivity contribution is 5.80. The van der Waals surface area contributed by atoms with Crippen molar-refractivity contribution in [2.45, 2.75) is 6.10 Å². The topological polar surface area (TPSA) is 59.8 Å². The molecule has 1 aromatic carbocycles. The minimum atomic E-state index is -0.942. The molecule has 0 bridgehead atoms. The zero-order valence-corrected chi connectivity index (χ0v) is 8.07. The number of hydrogen-bond donors (Lipinski definition) is 2. The molecule has 1 aromatic heterocycles. The lowest BCUT2D eigenvalue weighted by Gasteiger charge is -2.04. The standard InChI is InChI=1S/C12H10N2O/c1-8(7-13)12(15)11-6-9-4-2-3-5-10(9)14-11/h2-6,12,14-15H,1H2. The second-order valence-corrected chi connectivity index (χ2v) is 3.35. The van der Waals surface area contributed by atoms with Gasteiger partial charge in [0.05, 0.1) is 17.3 Å². The van der Waals surface area contributed by atoms with Crippen LogP contribution in [0.4, 0.5) is 0 Å². The number of H-pyrrole nitrogens is 1. The van der Waals surface area contributed by atoms with E-state index in [-0.39, 0.29) is 5.57 Å². The minimum Gasteiger partial charge on any atom is -0.381 e. The number of aliphatic hydroxyl groups is 1. The molecule has 2 aromatic rings. The first-order valence-corrected chi connectivity index (χ1v) is 4.57. The van der Waals surface area contributed by atoms with E-state index in [0.717, 1.165) is 10.9 Å². The van der Waals surface area contributed by atoms with Crippen LogP contribution in [-0.4, -0.2) is 10.1 Å². The first-order chi connectivity index (χ1) is 7.22. The number of benzene rings is 1. The van der Waals surface area contributed by atoms with Gasteiger partial charge in [0.25, 0.3) is 0 Å². The predicted molar refractivity (Wildman–Crippen MR) is 58.0 cm³/mol. The molecule has 0 aliphatic rings. The van der Waals surface area contributed by atoms with Gasteiger partial charge in [0.15, 0.2) is 0 Å². The lowest BCUT2D eigenvalue weighted by molar-refractivity contribution is 0.217. The molecule has 0 amide bonds. The van der Waals surface area contributed by atoms with Gasteiger partial charge in [-0.15, -0.1) is 0 Å². The second-order valence-electron chi connectivity index (χ2n) is 3.35. The second kappa shape index (κ2) is 3.60. The summed E-state index contributed by atoms with van der Waals surface area (Å²) in [6, 6.07) is 11.4. The molecule has 74 valence electrons. The molecular formula is C12H10N2O. The normalized spacial score (nSPS) is 12.3. The Morgan fingerprint density at radius 2 is 2.20 bits per heavy atom. The zero-order valence-electron chi connectivity index (χ0n) is 8.07. The van der Waals surface area contributed by atoms with E-state index in [1.807, 2.05) is 36.4 Å². The average molecular weight is 198 g/mol. The van der Waals surface area contributed by atoms with Crippen LogP contribution in [0.1, 0.15) is 11.8 Å². The van der Waals surface area contributed by atoms with Crippen LogP contribution in [0.25, 0.3) is 10.9 Å². The maximum atomic E-state index is 9.74. The molecule has 0 aliphatic heterocycles. The van der Waals surface area contributed by atoms with E-state index in [1.165, 1.54) is 0 Å². The lowest BCUT2D eigenvalue weighted by atomic mass is 10.1. The smallest absolute Gasteiger partial charge is 0.128 e. The third-order valence-corrected chi connectivity index (χ3v) is 2.32. The number of aromatic amines is 1. The van der Waals surface area contributed by atoms with Crippen LogP contribution in [0, 0.1) is 11.3 Å². The molecule has 15 heavy (non-hydrogen) atoms. The minimum absolute atomic E-state index is 0.140. The molecule has 0 aliphatic carbocycles. The van der Waals surface area contributed by atoms with E-state index in [4.69, 9.17) is 5.26 Å². The molecule has 0 saturated heterocycles. The quantitative estimate of drug-likeness (QED) is 0.727. The number of hydrogen-bond acceptors (Lipinski definition) is 2. The largest absolute Gasteiger partial charge is 0.381 e. The van der Waals surface area contributed by atoms with E-state index in [2.05, 4.69) is 11.6 Å². The van der Waals surface area contributed by atoms with Crippen molar-refractivity contribution < 1.29 is 5.11 Å². The number of nitrogens with one attached hydrogen (secondary N) is 1. The molecule has 1 heterocycles. The monoisotopic (exact) mass is 198 g/mol. The van der Waals surface area contributed by atoms with Crippen molar-refractivity contribution in [3.05, 3.63) is 48.2 Å². The zero-order chi connectivity index (χ0) is 10.8. The van der Waals surface area contributed by atoms with E-state index >= 15 is 0 Å². The number of fused-ring (bicyclic) bond motifs is 1. The first kappa shape index (κ1) is 9.50. The van der Waals surface area contributed by atoms with Gasteiger partial charge in [-0.1, -0.05) is 24.8 Å². The van der Waals surface area contributed by atoms with Crippen LogP contribution in [0.3, 0.4) is 0 Å². The number of rotatable bonds is 2. The van der Waals surface area contributed by atoms with Crippen LogP contribution in [-0.2, 0) is 0 Å². The van der Waals surface area contributed by atoms with Crippen molar-refractivity contribution >= 4 is 10.9 Å². The summed E-state index contributed by atoms with van der Waals surface area (Å²) in [6.45, 7) is 3.49. The molecule has 0 fully saturated rings. The van der Waals surface area contributed by atoms with Crippen LogP contribution >= 0.6 is 0 Å². The SMILES string of the molecule is C=C(C#N)C(O)c1cc2ccccc2[nH]1. The lowest BCUT2D eigenvalue weighted by Crippen LogP contribution is -1.98. The molecule has 0 saturated carbocycles. The average Bonchev–Trinajstić information content (AvgIpc) is 2.70. The van der Waals surface area contributed by atoms with Crippen LogP contribution < -0.4 is 0 Å². The van der Waals surface area contributed by atoms with E-state index in [9.17, 15) is 5.11 Å². The van der Waals surface area contributed by atoms with Gasteiger partial charge in [-0.05, 0) is 17.5 Å². The predicted octanol–water partition coefficient (Wildman–Crippen LogP) is 2.28. The van der Waals surface area contributed by atoms with Crippen LogP contribution in [0.5, 0.6) is 0 Å². The van der Waals surface area contributed by atoms with Crippen molar-refractivity contribution in [3.8, 4) is 6.07 Å². The molecule has 3 heteroatoms. The Morgan fingerprint density at radius 3 is 2.87 bits per heavy atom. The number of para-hydroxylation sites is 1. The van der Waals surface area contributed by atoms with Crippen molar-refractivity contribution in [1.82, 2.24) is 4.98 Å². The molecule has 2 N–H and O–H groups in total. The summed E-state index contributed by atoms with van der Waals surface area (Å²) in [5, 5.41) is 19.4. The maximum Gasteiger partial charge on any atom is 0.128 e. The summed E-state index contributed by atoms with van der Waals surface area (Å²) in [5.41, 5.74) is 1.68. The van der Waals surface area contributed by atoms with Crippen molar-refractivity contribution in [3.63, 3.8) is 0 Å². The fraction of sp³-hybridized carbons (Fsp3) is 0.0833. The van der Waals surface area contributed by atoms with Crippen molar-refractivity contribution in [2.75, 3.05) is 0 Å². The summed E-state index contributed by atoms with van der Waals surface area (Å²) in [4.78, 5) is 3.05. The fourth-order valence-corrected chi connectivity index (χ4v) is 1.49. The number of aromatic nitrogens is 1. The molecular weight excluding hydrogens is 188 g/mol. The van der Waals surface area contributed by atoms with Gasteiger partial charge in [-0.3, -0.25) is 0 Å². The Morgan fingerprint density at radius 1 is 1.47 bits per heavy atom. The fourth-order valence-electron chi connectivity index (χ4n) is 1.49. The van der Waals surface area contributed by atoms with Gasteiger partial charge in [0, 0.05) is 5.52 Å². The summed E-state index contributed by atoms with van der Waals surface area (Å²) in [7, 11) is 0. The number of nitriles is 1. The van der Waals surface area contributed by atoms with E-state index in [0.29, 0.717) is 5.69 Å². The summed E-state index contributed by atoms with van der Waals surface area (Å²) in [6.07, 6.45) is -0.942. The summed E-state index contributed by atoms with van der Waals surface area (Å²) < 4.78 is 0. The Kier molecular flexibility index (Phi) is 2.28. The summed E-state index contributed by atoms with van der Waals surface area (Å²) >= 11 is 0. The molecule has 1 atom stereocenters. The van der Waals surface area contributed by atoms with Gasteiger partial charge in [-0.25, -0.2) is 0 Å². The summed E-state index contributed by atoms with van der Waals surface area (Å²) in [5.74, 6) is 0. The van der Waals surface area contributed by atoms with Gasteiger partial charge in [0.2, 0.25) is 0 Å². The maximum absolute atomic E-state index is 9.74.